The summed E-state index contributed by atoms with van der Waals surface area (Å²) in [6, 6.07) is 15.1. The summed E-state index contributed by atoms with van der Waals surface area (Å²) in [7, 11) is 3.02. The Balaban J connectivity index is 2.05. The molecule has 24 heavy (non-hydrogen) atoms. The van der Waals surface area contributed by atoms with Crippen LogP contribution in [0.5, 0.6) is 5.75 Å². The van der Waals surface area contributed by atoms with Crippen molar-refractivity contribution in [3.05, 3.63) is 59.8 Å². The Hall–Kier alpha value is -3.08. The minimum Gasteiger partial charge on any atom is -0.497 e. The standard InChI is InChI=1S/C19H18N2O3/c1-12-9-18(16-11-15(23-2)7-8-17(16)20-12)21-14-6-4-5-13(10-14)19(22)24-3/h4-11H,1-3H3,(H,20,21)/p+1. The molecule has 2 aromatic carbocycles. The Bertz CT molecular complexity index is 906. The molecule has 5 heteroatoms. The molecule has 0 aliphatic rings. The lowest BCUT2D eigenvalue weighted by molar-refractivity contribution is -0.354. The second-order valence-electron chi connectivity index (χ2n) is 5.47. The maximum absolute atomic E-state index is 11.7. The number of aromatic amines is 1. The molecule has 2 N–H and O–H groups in total. The van der Waals surface area contributed by atoms with Gasteiger partial charge in [0.2, 0.25) is 5.52 Å². The molecule has 122 valence electrons. The lowest BCUT2D eigenvalue weighted by Crippen LogP contribution is -2.10. The number of aromatic nitrogens is 1. The Morgan fingerprint density at radius 1 is 1.08 bits per heavy atom. The van der Waals surface area contributed by atoms with Crippen LogP contribution in [0.15, 0.2) is 48.5 Å². The molecule has 5 nitrogen and oxygen atoms in total. The third-order valence-electron chi connectivity index (χ3n) is 3.77. The van der Waals surface area contributed by atoms with Crippen LogP contribution in [0.4, 0.5) is 11.4 Å². The molecule has 0 aliphatic carbocycles. The fraction of sp³-hybridized carbons (Fsp3) is 0.158. The van der Waals surface area contributed by atoms with Crippen LogP contribution in [0.2, 0.25) is 0 Å². The van der Waals surface area contributed by atoms with Crippen LogP contribution in [0, 0.1) is 6.92 Å². The van der Waals surface area contributed by atoms with Gasteiger partial charge in [-0.3, -0.25) is 0 Å². The zero-order chi connectivity index (χ0) is 17.1. The van der Waals surface area contributed by atoms with Crippen molar-refractivity contribution >= 4 is 28.2 Å². The molecule has 0 saturated heterocycles. The zero-order valence-electron chi connectivity index (χ0n) is 13.8. The minimum absolute atomic E-state index is 0.359. The highest BCUT2D eigenvalue weighted by Gasteiger charge is 2.12. The van der Waals surface area contributed by atoms with E-state index in [0.717, 1.165) is 33.7 Å². The van der Waals surface area contributed by atoms with E-state index < -0.39 is 0 Å². The van der Waals surface area contributed by atoms with Crippen molar-refractivity contribution in [3.63, 3.8) is 0 Å². The number of carbonyl (C=O) groups excluding carboxylic acids is 1. The summed E-state index contributed by atoms with van der Waals surface area (Å²) in [5.74, 6) is 0.425. The van der Waals surface area contributed by atoms with E-state index >= 15 is 0 Å². The molecule has 0 unspecified atom stereocenters. The summed E-state index contributed by atoms with van der Waals surface area (Å²) in [6.07, 6.45) is 0. The third kappa shape index (κ3) is 3.15. The molecule has 0 saturated carbocycles. The van der Waals surface area contributed by atoms with Crippen LogP contribution in [-0.2, 0) is 4.74 Å². The van der Waals surface area contributed by atoms with Crippen LogP contribution in [0.1, 0.15) is 16.1 Å². The average molecular weight is 323 g/mol. The smallest absolute Gasteiger partial charge is 0.337 e. The van der Waals surface area contributed by atoms with E-state index in [0.29, 0.717) is 5.56 Å². The molecule has 3 aromatic rings. The normalized spacial score (nSPS) is 10.5. The number of H-pyrrole nitrogens is 1. The summed E-state index contributed by atoms with van der Waals surface area (Å²) < 4.78 is 10.1. The van der Waals surface area contributed by atoms with Gasteiger partial charge < -0.3 is 14.8 Å². The number of aryl methyl sites for hydroxylation is 1. The van der Waals surface area contributed by atoms with Crippen LogP contribution < -0.4 is 15.0 Å². The number of nitrogens with one attached hydrogen (secondary N) is 2. The molecule has 0 radical (unpaired) electrons. The van der Waals surface area contributed by atoms with Crippen molar-refractivity contribution in [2.75, 3.05) is 19.5 Å². The fourth-order valence-electron chi connectivity index (χ4n) is 2.63. The largest absolute Gasteiger partial charge is 0.497 e. The first-order chi connectivity index (χ1) is 11.6. The predicted molar refractivity (Wildman–Crippen MR) is 92.9 cm³/mol. The number of methoxy groups -OCH3 is 2. The van der Waals surface area contributed by atoms with Crippen LogP contribution in [0.3, 0.4) is 0 Å². The summed E-state index contributed by atoms with van der Waals surface area (Å²) in [5.41, 5.74) is 4.28. The van der Waals surface area contributed by atoms with E-state index in [-0.39, 0.29) is 5.97 Å². The summed E-state index contributed by atoms with van der Waals surface area (Å²) in [4.78, 5) is 15.0. The highest BCUT2D eigenvalue weighted by Crippen LogP contribution is 2.28. The van der Waals surface area contributed by atoms with Gasteiger partial charge in [0, 0.05) is 24.7 Å². The summed E-state index contributed by atoms with van der Waals surface area (Å²) in [6.45, 7) is 2.00. The molecule has 1 aromatic heterocycles. The average Bonchev–Trinajstić information content (AvgIpc) is 2.61. The number of esters is 1. The topological polar surface area (TPSA) is 61.7 Å². The van der Waals surface area contributed by atoms with Crippen molar-refractivity contribution in [2.24, 2.45) is 0 Å². The van der Waals surface area contributed by atoms with Gasteiger partial charge in [-0.25, -0.2) is 9.78 Å². The van der Waals surface area contributed by atoms with Gasteiger partial charge in [-0.1, -0.05) is 6.07 Å². The Morgan fingerprint density at radius 2 is 1.92 bits per heavy atom. The van der Waals surface area contributed by atoms with Crippen molar-refractivity contribution in [1.82, 2.24) is 0 Å². The Kier molecular flexibility index (Phi) is 4.33. The number of rotatable bonds is 4. The predicted octanol–water partition coefficient (Wildman–Crippen LogP) is 3.50. The first kappa shape index (κ1) is 15.8. The second kappa shape index (κ2) is 6.58. The number of fused-ring (bicyclic) bond motifs is 1. The number of ether oxygens (including phenoxy) is 2. The number of pyridine rings is 1. The van der Waals surface area contributed by atoms with Gasteiger partial charge in [-0.05, 0) is 30.3 Å². The van der Waals surface area contributed by atoms with E-state index in [9.17, 15) is 4.79 Å². The summed E-state index contributed by atoms with van der Waals surface area (Å²) in [5, 5.41) is 4.38. The van der Waals surface area contributed by atoms with Gasteiger partial charge >= 0.3 is 5.97 Å². The molecule has 1 heterocycles. The molecular weight excluding hydrogens is 304 g/mol. The highest BCUT2D eigenvalue weighted by molar-refractivity contribution is 5.94. The van der Waals surface area contributed by atoms with E-state index in [1.165, 1.54) is 7.11 Å². The third-order valence-corrected chi connectivity index (χ3v) is 3.77. The number of hydrogen-bond donors (Lipinski definition) is 1. The first-order valence-electron chi connectivity index (χ1n) is 7.57. The maximum Gasteiger partial charge on any atom is 0.337 e. The number of benzene rings is 2. The monoisotopic (exact) mass is 323 g/mol. The minimum atomic E-state index is -0.359. The van der Waals surface area contributed by atoms with Gasteiger partial charge in [0.05, 0.1) is 30.9 Å². The van der Waals surface area contributed by atoms with Crippen LogP contribution >= 0.6 is 0 Å². The van der Waals surface area contributed by atoms with E-state index in [2.05, 4.69) is 10.3 Å². The number of hydrogen-bond acceptors (Lipinski definition) is 4. The van der Waals surface area contributed by atoms with Gasteiger partial charge in [-0.2, -0.15) is 0 Å². The van der Waals surface area contributed by atoms with E-state index in [1.807, 2.05) is 43.3 Å². The van der Waals surface area contributed by atoms with Crippen molar-refractivity contribution in [3.8, 4) is 5.75 Å². The molecule has 0 atom stereocenters. The van der Waals surface area contributed by atoms with E-state index in [4.69, 9.17) is 9.47 Å². The fourth-order valence-corrected chi connectivity index (χ4v) is 2.63. The number of carbonyl (C=O) groups is 1. The van der Waals surface area contributed by atoms with Crippen molar-refractivity contribution in [2.45, 2.75) is 6.92 Å². The highest BCUT2D eigenvalue weighted by atomic mass is 16.5. The molecule has 0 amide bonds. The zero-order valence-corrected chi connectivity index (χ0v) is 13.8. The maximum atomic E-state index is 11.7. The SMILES string of the molecule is COC(=O)c1cccc(Nc2cc(C)[nH+]c3ccc(OC)cc23)c1. The lowest BCUT2D eigenvalue weighted by Gasteiger charge is -2.10. The molecule has 3 rings (SSSR count). The van der Waals surface area contributed by atoms with Crippen molar-refractivity contribution < 1.29 is 19.3 Å². The second-order valence-corrected chi connectivity index (χ2v) is 5.47. The van der Waals surface area contributed by atoms with Crippen LogP contribution in [0.25, 0.3) is 10.9 Å². The Morgan fingerprint density at radius 3 is 2.67 bits per heavy atom. The van der Waals surface area contributed by atoms with Gasteiger partial charge in [-0.15, -0.1) is 0 Å². The van der Waals surface area contributed by atoms with Gasteiger partial charge in [0.15, 0.2) is 5.69 Å². The molecule has 0 fully saturated rings. The lowest BCUT2D eigenvalue weighted by atomic mass is 10.1. The van der Waals surface area contributed by atoms with Gasteiger partial charge in [0.25, 0.3) is 0 Å². The number of anilines is 2. The first-order valence-corrected chi connectivity index (χ1v) is 7.57. The molecule has 0 bridgehead atoms. The van der Waals surface area contributed by atoms with Crippen molar-refractivity contribution in [1.29, 1.82) is 0 Å². The molecule has 0 aliphatic heterocycles. The van der Waals surface area contributed by atoms with Gasteiger partial charge in [0.1, 0.15) is 5.75 Å². The van der Waals surface area contributed by atoms with E-state index in [1.54, 1.807) is 19.2 Å². The van der Waals surface area contributed by atoms with Crippen LogP contribution in [-0.4, -0.2) is 20.2 Å². The summed E-state index contributed by atoms with van der Waals surface area (Å²) >= 11 is 0. The quantitative estimate of drug-likeness (QED) is 0.747. The molecular formula is C19H19N2O3+. The molecule has 0 spiro atoms. The Labute approximate surface area is 140 Å².